The lowest BCUT2D eigenvalue weighted by atomic mass is 10.1. The Hall–Kier alpha value is -2.73. The summed E-state index contributed by atoms with van der Waals surface area (Å²) in [5, 5.41) is 2.99. The summed E-state index contributed by atoms with van der Waals surface area (Å²) in [6.45, 7) is 12.7. The van der Waals surface area contributed by atoms with Crippen LogP contribution in [-0.4, -0.2) is 68.8 Å². The number of rotatable bonds is 7. The van der Waals surface area contributed by atoms with Crippen LogP contribution in [0.15, 0.2) is 42.5 Å². The number of likely N-dealkylation sites (N-methyl/N-ethyl adjacent to an activating group) is 2. The third-order valence-electron chi connectivity index (χ3n) is 5.73. The first-order valence-corrected chi connectivity index (χ1v) is 10.8. The zero-order chi connectivity index (χ0) is 21.5. The highest BCUT2D eigenvalue weighted by molar-refractivity contribution is 5.89. The second-order valence-electron chi connectivity index (χ2n) is 7.89. The molecule has 1 fully saturated rings. The Bertz CT molecular complexity index is 847. The average molecular weight is 411 g/mol. The highest BCUT2D eigenvalue weighted by Crippen LogP contribution is 2.25. The molecule has 2 aromatic carbocycles. The van der Waals surface area contributed by atoms with E-state index in [9.17, 15) is 4.79 Å². The van der Waals surface area contributed by atoms with Crippen molar-refractivity contribution < 1.29 is 9.53 Å². The number of para-hydroxylation sites is 1. The van der Waals surface area contributed by atoms with Gasteiger partial charge in [-0.15, -0.1) is 0 Å². The van der Waals surface area contributed by atoms with Crippen LogP contribution in [0.4, 0.5) is 16.2 Å². The van der Waals surface area contributed by atoms with Crippen LogP contribution in [-0.2, 0) is 0 Å². The Morgan fingerprint density at radius 1 is 1.07 bits per heavy atom. The van der Waals surface area contributed by atoms with Crippen LogP contribution >= 0.6 is 0 Å². The van der Waals surface area contributed by atoms with Crippen LogP contribution in [0.1, 0.15) is 18.1 Å². The Morgan fingerprint density at radius 3 is 2.47 bits per heavy atom. The number of nitrogens with one attached hydrogen (secondary N) is 1. The molecule has 1 N–H and O–H groups in total. The molecule has 6 heteroatoms. The summed E-state index contributed by atoms with van der Waals surface area (Å²) in [5.74, 6) is 0.859. The summed E-state index contributed by atoms with van der Waals surface area (Å²) in [6, 6.07) is 13.9. The number of piperazine rings is 1. The molecule has 3 rings (SSSR count). The van der Waals surface area contributed by atoms with Gasteiger partial charge >= 0.3 is 6.03 Å². The minimum Gasteiger partial charge on any atom is -0.491 e. The van der Waals surface area contributed by atoms with Crippen molar-refractivity contribution in [1.29, 1.82) is 0 Å². The second kappa shape index (κ2) is 10.3. The molecule has 0 unspecified atom stereocenters. The van der Waals surface area contributed by atoms with Crippen LogP contribution in [0, 0.1) is 13.8 Å². The maximum Gasteiger partial charge on any atom is 0.321 e. The number of benzene rings is 2. The fourth-order valence-corrected chi connectivity index (χ4v) is 3.72. The van der Waals surface area contributed by atoms with Crippen molar-refractivity contribution >= 4 is 17.4 Å². The van der Waals surface area contributed by atoms with Crippen molar-refractivity contribution in [2.24, 2.45) is 0 Å². The van der Waals surface area contributed by atoms with Crippen LogP contribution in [0.3, 0.4) is 0 Å². The molecule has 0 atom stereocenters. The van der Waals surface area contributed by atoms with Gasteiger partial charge in [0.1, 0.15) is 12.4 Å². The van der Waals surface area contributed by atoms with E-state index in [-0.39, 0.29) is 6.03 Å². The standard InChI is InChI=1S/C24H34N4O2/c1-5-27-12-14-28(15-13-27)22-11-10-21(18-20(22)3)25-24(29)26(4)16-17-30-23-9-7-6-8-19(23)2/h6-11,18H,5,12-17H2,1-4H3,(H,25,29). The second-order valence-corrected chi connectivity index (χ2v) is 7.89. The Balaban J connectivity index is 1.50. The molecule has 0 radical (unpaired) electrons. The van der Waals surface area contributed by atoms with Gasteiger partial charge < -0.3 is 24.8 Å². The predicted octanol–water partition coefficient (Wildman–Crippen LogP) is 3.99. The lowest BCUT2D eigenvalue weighted by Crippen LogP contribution is -2.46. The first kappa shape index (κ1) is 22.0. The van der Waals surface area contributed by atoms with Gasteiger partial charge in [-0.2, -0.15) is 0 Å². The Labute approximate surface area is 180 Å². The molecule has 0 aromatic heterocycles. The van der Waals surface area contributed by atoms with Crippen molar-refractivity contribution in [2.75, 3.05) is 63.1 Å². The number of amides is 2. The number of carbonyl (C=O) groups excluding carboxylic acids is 1. The fourth-order valence-electron chi connectivity index (χ4n) is 3.72. The van der Waals surface area contributed by atoms with E-state index in [0.717, 1.165) is 49.7 Å². The lowest BCUT2D eigenvalue weighted by molar-refractivity contribution is 0.207. The number of nitrogens with zero attached hydrogens (tertiary/aromatic N) is 3. The van der Waals surface area contributed by atoms with E-state index >= 15 is 0 Å². The first-order chi connectivity index (χ1) is 14.5. The monoisotopic (exact) mass is 410 g/mol. The summed E-state index contributed by atoms with van der Waals surface area (Å²) in [4.78, 5) is 19.1. The van der Waals surface area contributed by atoms with Gasteiger partial charge in [-0.1, -0.05) is 25.1 Å². The molecule has 2 amide bonds. The van der Waals surface area contributed by atoms with Gasteiger partial charge in [-0.25, -0.2) is 4.79 Å². The SMILES string of the molecule is CCN1CCN(c2ccc(NC(=O)N(C)CCOc3ccccc3C)cc2C)CC1. The van der Waals surface area contributed by atoms with Crippen LogP contribution in [0.2, 0.25) is 0 Å². The fraction of sp³-hybridized carbons (Fsp3) is 0.458. The zero-order valence-electron chi connectivity index (χ0n) is 18.6. The summed E-state index contributed by atoms with van der Waals surface area (Å²) in [6.07, 6.45) is 0. The van der Waals surface area contributed by atoms with E-state index in [1.807, 2.05) is 37.3 Å². The number of anilines is 2. The third kappa shape index (κ3) is 5.66. The minimum atomic E-state index is -0.132. The highest BCUT2D eigenvalue weighted by atomic mass is 16.5. The average Bonchev–Trinajstić information content (AvgIpc) is 2.75. The largest absolute Gasteiger partial charge is 0.491 e. The molecule has 1 saturated heterocycles. The van der Waals surface area contributed by atoms with Gasteiger partial charge in [0.15, 0.2) is 0 Å². The maximum absolute atomic E-state index is 12.5. The van der Waals surface area contributed by atoms with E-state index < -0.39 is 0 Å². The Morgan fingerprint density at radius 2 is 1.80 bits per heavy atom. The van der Waals surface area contributed by atoms with Crippen LogP contribution in [0.25, 0.3) is 0 Å². The maximum atomic E-state index is 12.5. The number of carbonyl (C=O) groups is 1. The number of aryl methyl sites for hydroxylation is 2. The lowest BCUT2D eigenvalue weighted by Gasteiger charge is -2.36. The topological polar surface area (TPSA) is 48.0 Å². The molecule has 1 heterocycles. The molecule has 2 aromatic rings. The predicted molar refractivity (Wildman–Crippen MR) is 124 cm³/mol. The van der Waals surface area contributed by atoms with Gasteiger partial charge in [-0.05, 0) is 55.8 Å². The van der Waals surface area contributed by atoms with Crippen LogP contribution in [0.5, 0.6) is 5.75 Å². The molecule has 6 nitrogen and oxygen atoms in total. The van der Waals surface area contributed by atoms with Crippen molar-refractivity contribution in [3.8, 4) is 5.75 Å². The Kier molecular flexibility index (Phi) is 7.57. The normalized spacial score (nSPS) is 14.5. The molecule has 0 spiro atoms. The van der Waals surface area contributed by atoms with Gasteiger partial charge in [0.05, 0.1) is 6.54 Å². The van der Waals surface area contributed by atoms with Crippen molar-refractivity contribution in [2.45, 2.75) is 20.8 Å². The van der Waals surface area contributed by atoms with Gasteiger partial charge in [0.2, 0.25) is 0 Å². The van der Waals surface area contributed by atoms with E-state index in [4.69, 9.17) is 4.74 Å². The van der Waals surface area contributed by atoms with Gasteiger partial charge in [0, 0.05) is 44.6 Å². The molecule has 0 bridgehead atoms. The van der Waals surface area contributed by atoms with E-state index in [0.29, 0.717) is 13.2 Å². The molecule has 162 valence electrons. The molecule has 1 aliphatic heterocycles. The number of ether oxygens (including phenoxy) is 1. The first-order valence-electron chi connectivity index (χ1n) is 10.8. The molecule has 1 aliphatic rings. The number of hydrogen-bond acceptors (Lipinski definition) is 4. The van der Waals surface area contributed by atoms with Crippen molar-refractivity contribution in [3.05, 3.63) is 53.6 Å². The summed E-state index contributed by atoms with van der Waals surface area (Å²) < 4.78 is 5.79. The molecule has 0 aliphatic carbocycles. The van der Waals surface area contributed by atoms with E-state index in [2.05, 4.69) is 41.1 Å². The summed E-state index contributed by atoms with van der Waals surface area (Å²) in [7, 11) is 1.78. The minimum absolute atomic E-state index is 0.132. The summed E-state index contributed by atoms with van der Waals surface area (Å²) >= 11 is 0. The molecular weight excluding hydrogens is 376 g/mol. The quantitative estimate of drug-likeness (QED) is 0.750. The molecular formula is C24H34N4O2. The smallest absolute Gasteiger partial charge is 0.321 e. The highest BCUT2D eigenvalue weighted by Gasteiger charge is 2.18. The summed E-state index contributed by atoms with van der Waals surface area (Å²) in [5.41, 5.74) is 4.35. The van der Waals surface area contributed by atoms with Crippen LogP contribution < -0.4 is 15.0 Å². The van der Waals surface area contributed by atoms with Gasteiger partial charge in [0.25, 0.3) is 0 Å². The number of hydrogen-bond donors (Lipinski definition) is 1. The van der Waals surface area contributed by atoms with Gasteiger partial charge in [-0.3, -0.25) is 0 Å². The van der Waals surface area contributed by atoms with E-state index in [1.54, 1.807) is 11.9 Å². The van der Waals surface area contributed by atoms with E-state index in [1.165, 1.54) is 11.3 Å². The zero-order valence-corrected chi connectivity index (χ0v) is 18.6. The number of urea groups is 1. The molecule has 0 saturated carbocycles. The molecule has 30 heavy (non-hydrogen) atoms. The van der Waals surface area contributed by atoms with Crippen molar-refractivity contribution in [3.63, 3.8) is 0 Å². The van der Waals surface area contributed by atoms with Crippen molar-refractivity contribution in [1.82, 2.24) is 9.80 Å². The third-order valence-corrected chi connectivity index (χ3v) is 5.73.